The first-order valence-corrected chi connectivity index (χ1v) is 6.12. The zero-order chi connectivity index (χ0) is 14.3. The minimum absolute atomic E-state index is 0.881. The lowest BCUT2D eigenvalue weighted by Gasteiger charge is -2.08. The molecule has 0 fully saturated rings. The van der Waals surface area contributed by atoms with E-state index in [1.165, 1.54) is 6.21 Å². The number of hydrogen-bond acceptors (Lipinski definition) is 1. The first kappa shape index (κ1) is 14.7. The molecule has 0 saturated carbocycles. The van der Waals surface area contributed by atoms with Gasteiger partial charge in [0.2, 0.25) is 0 Å². The maximum absolute atomic E-state index is 7.28. The average Bonchev–Trinajstić information content (AvgIpc) is 2.44. The van der Waals surface area contributed by atoms with Crippen molar-refractivity contribution in [3.63, 3.8) is 0 Å². The number of allylic oxidation sites excluding steroid dienone is 4. The number of rotatable bonds is 3. The Morgan fingerprint density at radius 2 is 1.95 bits per heavy atom. The van der Waals surface area contributed by atoms with Crippen LogP contribution in [0.15, 0.2) is 48.6 Å². The largest absolute Gasteiger partial charge is 0.345 e. The summed E-state index contributed by atoms with van der Waals surface area (Å²) in [6.07, 6.45) is 6.97. The van der Waals surface area contributed by atoms with Crippen molar-refractivity contribution < 1.29 is 0 Å². The first-order chi connectivity index (χ1) is 9.10. The average molecular weight is 252 g/mol. The van der Waals surface area contributed by atoms with Crippen LogP contribution >= 0.6 is 0 Å². The third-order valence-corrected chi connectivity index (χ3v) is 2.73. The predicted molar refractivity (Wildman–Crippen MR) is 84.9 cm³/mol. The van der Waals surface area contributed by atoms with Crippen LogP contribution in [0.3, 0.4) is 0 Å². The molecule has 19 heavy (non-hydrogen) atoms. The van der Waals surface area contributed by atoms with Crippen molar-refractivity contribution in [2.45, 2.75) is 6.92 Å². The molecule has 0 atom stereocenters. The lowest BCUT2D eigenvalue weighted by atomic mass is 10.1. The fourth-order valence-corrected chi connectivity index (χ4v) is 1.71. The fourth-order valence-electron chi connectivity index (χ4n) is 1.71. The molecular weight excluding hydrogens is 232 g/mol. The molecule has 98 valence electrons. The van der Waals surface area contributed by atoms with Gasteiger partial charge < -0.3 is 9.98 Å². The summed E-state index contributed by atoms with van der Waals surface area (Å²) in [6.45, 7) is 10.0. The highest BCUT2D eigenvalue weighted by Gasteiger charge is 1.98. The molecule has 1 heterocycles. The Morgan fingerprint density at radius 3 is 2.58 bits per heavy atom. The first-order valence-electron chi connectivity index (χ1n) is 6.12. The van der Waals surface area contributed by atoms with Crippen LogP contribution in [-0.2, 0) is 7.05 Å². The van der Waals surface area contributed by atoms with E-state index in [9.17, 15) is 0 Å². The highest BCUT2D eigenvalue weighted by atomic mass is 14.9. The van der Waals surface area contributed by atoms with Gasteiger partial charge in [-0.2, -0.15) is 0 Å². The molecule has 0 bridgehead atoms. The minimum atomic E-state index is 0.881. The molecule has 0 aliphatic rings. The quantitative estimate of drug-likeness (QED) is 0.633. The van der Waals surface area contributed by atoms with Gasteiger partial charge in [0.05, 0.1) is 0 Å². The molecule has 1 aromatic heterocycles. The van der Waals surface area contributed by atoms with Crippen molar-refractivity contribution >= 4 is 24.9 Å². The summed E-state index contributed by atoms with van der Waals surface area (Å²) in [5, 5.41) is 9.07. The molecule has 0 saturated heterocycles. The molecular formula is C17H20N2. The van der Waals surface area contributed by atoms with E-state index in [0.717, 1.165) is 21.8 Å². The van der Waals surface area contributed by atoms with E-state index in [4.69, 9.17) is 5.41 Å². The van der Waals surface area contributed by atoms with E-state index in [1.807, 2.05) is 61.0 Å². The number of nitrogens with one attached hydrogen (secondary N) is 1. The Bertz CT molecular complexity index is 659. The molecule has 0 spiro atoms. The Kier molecular flexibility index (Phi) is 5.55. The zero-order valence-electron chi connectivity index (χ0n) is 11.6. The molecule has 0 amide bonds. The second-order valence-electron chi connectivity index (χ2n) is 4.16. The molecule has 1 N–H and O–H groups in total. The standard InChI is InChI=1S/C17H20N2/c1-5-8-16(11-12-18)17-13-14(2)9-6-7-10-15(3)19(17)4/h5-13,18H,2-3H2,1,4H3/b8-5-,9-6?,10-7?,16-11+,17-13?,18-12?. The molecule has 0 aromatic carbocycles. The van der Waals surface area contributed by atoms with Gasteiger partial charge in [-0.1, -0.05) is 43.5 Å². The van der Waals surface area contributed by atoms with Gasteiger partial charge in [-0.05, 0) is 35.9 Å². The second-order valence-corrected chi connectivity index (χ2v) is 4.16. The van der Waals surface area contributed by atoms with Crippen LogP contribution in [0.25, 0.3) is 18.7 Å². The van der Waals surface area contributed by atoms with Gasteiger partial charge in [0.1, 0.15) is 0 Å². The SMILES string of the molecule is C=c1ccccc(=C)n(C)c(C(/C=C\C)=C/C=N)c1. The smallest absolute Gasteiger partial charge is 0.0487 e. The van der Waals surface area contributed by atoms with Crippen molar-refractivity contribution in [1.29, 1.82) is 5.41 Å². The van der Waals surface area contributed by atoms with Crippen LogP contribution < -0.4 is 10.6 Å². The van der Waals surface area contributed by atoms with E-state index in [0.29, 0.717) is 0 Å². The van der Waals surface area contributed by atoms with Crippen molar-refractivity contribution in [3.8, 4) is 0 Å². The lowest BCUT2D eigenvalue weighted by molar-refractivity contribution is 0.859. The van der Waals surface area contributed by atoms with Crippen molar-refractivity contribution in [1.82, 2.24) is 4.57 Å². The third kappa shape index (κ3) is 4.11. The van der Waals surface area contributed by atoms with Gasteiger partial charge in [0, 0.05) is 24.3 Å². The molecule has 0 radical (unpaired) electrons. The van der Waals surface area contributed by atoms with Crippen LogP contribution in [0.1, 0.15) is 12.6 Å². The van der Waals surface area contributed by atoms with Crippen LogP contribution in [0.5, 0.6) is 0 Å². The molecule has 1 rings (SSSR count). The number of aromatic nitrogens is 1. The predicted octanol–water partition coefficient (Wildman–Crippen LogP) is 2.58. The van der Waals surface area contributed by atoms with E-state index in [1.54, 1.807) is 6.08 Å². The van der Waals surface area contributed by atoms with Crippen LogP contribution in [0.2, 0.25) is 0 Å². The topological polar surface area (TPSA) is 28.8 Å². The highest BCUT2D eigenvalue weighted by Crippen LogP contribution is 2.11. The van der Waals surface area contributed by atoms with E-state index in [-0.39, 0.29) is 0 Å². The summed E-state index contributed by atoms with van der Waals surface area (Å²) in [6, 6.07) is 9.76. The Balaban J connectivity index is 3.81. The van der Waals surface area contributed by atoms with Gasteiger partial charge in [-0.15, -0.1) is 0 Å². The van der Waals surface area contributed by atoms with Gasteiger partial charge in [0.25, 0.3) is 0 Å². The monoisotopic (exact) mass is 252 g/mol. The summed E-state index contributed by atoms with van der Waals surface area (Å²) in [5.41, 5.74) is 1.92. The van der Waals surface area contributed by atoms with E-state index < -0.39 is 0 Å². The maximum atomic E-state index is 7.28. The molecule has 0 unspecified atom stereocenters. The Hall–Kier alpha value is -2.35. The van der Waals surface area contributed by atoms with Crippen molar-refractivity contribution in [3.05, 3.63) is 64.8 Å². The molecule has 0 aliphatic carbocycles. The Morgan fingerprint density at radius 1 is 1.26 bits per heavy atom. The van der Waals surface area contributed by atoms with E-state index >= 15 is 0 Å². The summed E-state index contributed by atoms with van der Waals surface area (Å²) in [7, 11) is 1.96. The zero-order valence-corrected chi connectivity index (χ0v) is 11.6. The summed E-state index contributed by atoms with van der Waals surface area (Å²) >= 11 is 0. The molecule has 2 heteroatoms. The van der Waals surface area contributed by atoms with Gasteiger partial charge in [-0.25, -0.2) is 0 Å². The number of nitrogens with zero attached hydrogens (tertiary/aromatic N) is 1. The maximum Gasteiger partial charge on any atom is 0.0487 e. The lowest BCUT2D eigenvalue weighted by Crippen LogP contribution is -2.16. The highest BCUT2D eigenvalue weighted by molar-refractivity contribution is 5.86. The summed E-state index contributed by atoms with van der Waals surface area (Å²) < 4.78 is 1.99. The van der Waals surface area contributed by atoms with Gasteiger partial charge in [0.15, 0.2) is 0 Å². The van der Waals surface area contributed by atoms with Gasteiger partial charge in [-0.3, -0.25) is 0 Å². The van der Waals surface area contributed by atoms with Crippen LogP contribution in [-0.4, -0.2) is 10.8 Å². The summed E-state index contributed by atoms with van der Waals surface area (Å²) in [4.78, 5) is 0. The Labute approximate surface area is 114 Å². The van der Waals surface area contributed by atoms with E-state index in [2.05, 4.69) is 13.2 Å². The normalized spacial score (nSPS) is 11.4. The van der Waals surface area contributed by atoms with Crippen molar-refractivity contribution in [2.24, 2.45) is 7.05 Å². The molecule has 1 aromatic rings. The number of hydrogen-bond donors (Lipinski definition) is 1. The van der Waals surface area contributed by atoms with Crippen LogP contribution in [0, 0.1) is 5.41 Å². The fraction of sp³-hybridized carbons (Fsp3) is 0.118. The molecule has 2 nitrogen and oxygen atoms in total. The minimum Gasteiger partial charge on any atom is -0.345 e. The third-order valence-electron chi connectivity index (χ3n) is 2.73. The summed E-state index contributed by atoms with van der Waals surface area (Å²) in [5.74, 6) is 0. The van der Waals surface area contributed by atoms with Crippen LogP contribution in [0.4, 0.5) is 0 Å². The molecule has 0 aliphatic heterocycles. The van der Waals surface area contributed by atoms with Gasteiger partial charge >= 0.3 is 0 Å². The van der Waals surface area contributed by atoms with Crippen molar-refractivity contribution in [2.75, 3.05) is 0 Å². The second kappa shape index (κ2) is 7.17.